The zero-order valence-corrected chi connectivity index (χ0v) is 18.1. The number of ether oxygens (including phenoxy) is 1. The van der Waals surface area contributed by atoms with Gasteiger partial charge in [-0.2, -0.15) is 0 Å². The Morgan fingerprint density at radius 1 is 1.20 bits per heavy atom. The molecule has 0 radical (unpaired) electrons. The summed E-state index contributed by atoms with van der Waals surface area (Å²) in [6, 6.07) is 11.3. The van der Waals surface area contributed by atoms with Crippen molar-refractivity contribution in [1.82, 2.24) is 4.90 Å². The number of hydrogen-bond donors (Lipinski definition) is 2. The van der Waals surface area contributed by atoms with Gasteiger partial charge in [0, 0.05) is 30.6 Å². The molecule has 5 rings (SSSR count). The average Bonchev–Trinajstić information content (AvgIpc) is 3.13. The van der Waals surface area contributed by atoms with Crippen LogP contribution >= 0.6 is 11.3 Å². The third kappa shape index (κ3) is 4.01. The Balaban J connectivity index is 1.34. The van der Waals surface area contributed by atoms with Crippen LogP contribution in [0.2, 0.25) is 0 Å². The van der Waals surface area contributed by atoms with Gasteiger partial charge in [-0.3, -0.25) is 4.90 Å². The van der Waals surface area contributed by atoms with Crippen molar-refractivity contribution in [3.8, 4) is 0 Å². The van der Waals surface area contributed by atoms with Crippen LogP contribution in [0.1, 0.15) is 70.8 Å². The molecule has 2 bridgehead atoms. The van der Waals surface area contributed by atoms with E-state index in [9.17, 15) is 9.90 Å². The van der Waals surface area contributed by atoms with Gasteiger partial charge in [-0.1, -0.05) is 30.3 Å². The molecule has 2 saturated heterocycles. The summed E-state index contributed by atoms with van der Waals surface area (Å²) in [7, 11) is 0. The maximum absolute atomic E-state index is 12.2. The molecular formula is C24H30N2O3S. The molecule has 1 aromatic heterocycles. The minimum absolute atomic E-state index is 0.0599. The molecule has 4 unspecified atom stereocenters. The molecule has 3 aliphatic heterocycles. The zero-order valence-electron chi connectivity index (χ0n) is 17.3. The van der Waals surface area contributed by atoms with E-state index in [0.717, 1.165) is 68.8 Å². The molecule has 4 atom stereocenters. The first-order valence-electron chi connectivity index (χ1n) is 11.2. The van der Waals surface area contributed by atoms with Gasteiger partial charge in [-0.25, -0.2) is 4.79 Å². The number of carboxylic acids is 1. The summed E-state index contributed by atoms with van der Waals surface area (Å²) in [5, 5.41) is 14.2. The van der Waals surface area contributed by atoms with Gasteiger partial charge in [0.2, 0.25) is 0 Å². The summed E-state index contributed by atoms with van der Waals surface area (Å²) in [4.78, 5) is 16.0. The monoisotopic (exact) mass is 426 g/mol. The lowest BCUT2D eigenvalue weighted by Crippen LogP contribution is -2.45. The van der Waals surface area contributed by atoms with Crippen LogP contribution in [0.5, 0.6) is 0 Å². The van der Waals surface area contributed by atoms with E-state index in [1.165, 1.54) is 16.9 Å². The molecule has 3 aliphatic rings. The number of hydrogen-bond acceptors (Lipinski definition) is 5. The van der Waals surface area contributed by atoms with Gasteiger partial charge in [0.1, 0.15) is 11.2 Å². The lowest BCUT2D eigenvalue weighted by Gasteiger charge is -2.43. The lowest BCUT2D eigenvalue weighted by atomic mass is 9.81. The number of piperidine rings is 1. The first-order valence-corrected chi connectivity index (χ1v) is 12.1. The highest BCUT2D eigenvalue weighted by atomic mass is 32.1. The van der Waals surface area contributed by atoms with Crippen LogP contribution in [-0.4, -0.2) is 41.4 Å². The van der Waals surface area contributed by atoms with Crippen LogP contribution in [0, 0.1) is 0 Å². The van der Waals surface area contributed by atoms with Crippen LogP contribution in [0.25, 0.3) is 0 Å². The van der Waals surface area contributed by atoms with Gasteiger partial charge in [0.25, 0.3) is 0 Å². The van der Waals surface area contributed by atoms with Crippen molar-refractivity contribution in [2.24, 2.45) is 0 Å². The third-order valence-corrected chi connectivity index (χ3v) is 8.01. The summed E-state index contributed by atoms with van der Waals surface area (Å²) < 4.78 is 5.82. The molecule has 2 fully saturated rings. The van der Waals surface area contributed by atoms with Crippen molar-refractivity contribution in [1.29, 1.82) is 0 Å². The molecule has 1 aromatic carbocycles. The number of carboxylic acid groups (broad SMARTS) is 1. The maximum Gasteiger partial charge on any atom is 0.339 e. The number of fused-ring (bicyclic) bond motifs is 4. The Morgan fingerprint density at radius 3 is 2.83 bits per heavy atom. The largest absolute Gasteiger partial charge is 0.478 e. The lowest BCUT2D eigenvalue weighted by molar-refractivity contribution is 0.0344. The minimum Gasteiger partial charge on any atom is -0.478 e. The highest BCUT2D eigenvalue weighted by Gasteiger charge is 2.39. The van der Waals surface area contributed by atoms with Gasteiger partial charge in [0.15, 0.2) is 0 Å². The van der Waals surface area contributed by atoms with Crippen molar-refractivity contribution < 1.29 is 14.6 Å². The highest BCUT2D eigenvalue weighted by molar-refractivity contribution is 7.16. The summed E-state index contributed by atoms with van der Waals surface area (Å²) >= 11 is 1.64. The first-order chi connectivity index (χ1) is 14.7. The second-order valence-corrected chi connectivity index (χ2v) is 9.93. The predicted molar refractivity (Wildman–Crippen MR) is 119 cm³/mol. The van der Waals surface area contributed by atoms with Crippen molar-refractivity contribution in [2.45, 2.75) is 69.7 Å². The number of carbonyl (C=O) groups is 1. The van der Waals surface area contributed by atoms with Gasteiger partial charge in [-0.15, -0.1) is 11.3 Å². The molecule has 2 N–H and O–H groups in total. The Bertz CT molecular complexity index is 891. The SMILES string of the molecule is O=C(O)c1c(NC2CCCCO2)sc2c1C1CCC(CCc3ccccc3)N(C2)C1. The number of anilines is 1. The highest BCUT2D eigenvalue weighted by Crippen LogP contribution is 2.47. The number of aromatic carboxylic acids is 1. The van der Waals surface area contributed by atoms with E-state index in [4.69, 9.17) is 4.74 Å². The molecule has 4 heterocycles. The zero-order chi connectivity index (χ0) is 20.5. The van der Waals surface area contributed by atoms with E-state index in [1.54, 1.807) is 11.3 Å². The number of aryl methyl sites for hydroxylation is 1. The minimum atomic E-state index is -0.800. The fourth-order valence-electron chi connectivity index (χ4n) is 5.37. The Labute approximate surface area is 182 Å². The van der Waals surface area contributed by atoms with Gasteiger partial charge in [-0.05, 0) is 62.0 Å². The van der Waals surface area contributed by atoms with E-state index in [2.05, 4.69) is 40.5 Å². The molecule has 0 amide bonds. The third-order valence-electron chi connectivity index (χ3n) is 6.89. The van der Waals surface area contributed by atoms with Crippen LogP contribution in [0.4, 0.5) is 5.00 Å². The topological polar surface area (TPSA) is 61.8 Å². The number of thiophene rings is 1. The fourth-order valence-corrected chi connectivity index (χ4v) is 6.72. The Kier molecular flexibility index (Phi) is 5.81. The number of nitrogens with zero attached hydrogens (tertiary/aromatic N) is 1. The molecule has 0 aliphatic carbocycles. The molecule has 30 heavy (non-hydrogen) atoms. The second-order valence-electron chi connectivity index (χ2n) is 8.83. The smallest absolute Gasteiger partial charge is 0.339 e. The summed E-state index contributed by atoms with van der Waals surface area (Å²) in [6.45, 7) is 2.62. The molecule has 0 saturated carbocycles. The van der Waals surface area contributed by atoms with Gasteiger partial charge >= 0.3 is 5.97 Å². The molecular weight excluding hydrogens is 396 g/mol. The van der Waals surface area contributed by atoms with E-state index in [0.29, 0.717) is 17.5 Å². The van der Waals surface area contributed by atoms with E-state index < -0.39 is 5.97 Å². The normalized spacial score (nSPS) is 28.0. The van der Waals surface area contributed by atoms with Crippen molar-refractivity contribution >= 4 is 22.3 Å². The van der Waals surface area contributed by atoms with E-state index in [1.807, 2.05) is 0 Å². The first kappa shape index (κ1) is 20.0. The Morgan fingerprint density at radius 2 is 2.07 bits per heavy atom. The number of benzene rings is 1. The van der Waals surface area contributed by atoms with Crippen molar-refractivity contribution in [3.05, 3.63) is 51.9 Å². The number of rotatable bonds is 6. The maximum atomic E-state index is 12.2. The molecule has 0 spiro atoms. The summed E-state index contributed by atoms with van der Waals surface area (Å²) in [6.07, 6.45) is 7.62. The average molecular weight is 427 g/mol. The Hall–Kier alpha value is -1.89. The molecule has 160 valence electrons. The van der Waals surface area contributed by atoms with Gasteiger partial charge in [0.05, 0.1) is 5.56 Å². The van der Waals surface area contributed by atoms with Crippen LogP contribution in [0.3, 0.4) is 0 Å². The quantitative estimate of drug-likeness (QED) is 0.675. The summed E-state index contributed by atoms with van der Waals surface area (Å²) in [5.74, 6) is -0.461. The van der Waals surface area contributed by atoms with Crippen molar-refractivity contribution in [2.75, 3.05) is 18.5 Å². The van der Waals surface area contributed by atoms with Crippen molar-refractivity contribution in [3.63, 3.8) is 0 Å². The van der Waals surface area contributed by atoms with Gasteiger partial charge < -0.3 is 15.2 Å². The van der Waals surface area contributed by atoms with E-state index >= 15 is 0 Å². The number of nitrogens with one attached hydrogen (secondary N) is 1. The molecule has 5 nitrogen and oxygen atoms in total. The summed E-state index contributed by atoms with van der Waals surface area (Å²) in [5.41, 5.74) is 3.01. The fraction of sp³-hybridized carbons (Fsp3) is 0.542. The second kappa shape index (κ2) is 8.69. The standard InChI is InChI=1S/C24H30N2O3S/c27-24(28)22-21-17-10-12-18(11-9-16-6-2-1-3-7-16)26(14-17)15-19(21)30-23(22)25-20-8-4-5-13-29-20/h1-3,6-7,17-18,20,25H,4-5,8-15H2,(H,27,28). The van der Waals surface area contributed by atoms with Crippen LogP contribution in [0.15, 0.2) is 30.3 Å². The van der Waals surface area contributed by atoms with E-state index in [-0.39, 0.29) is 6.23 Å². The molecule has 2 aromatic rings. The van der Waals surface area contributed by atoms with Crippen LogP contribution in [-0.2, 0) is 17.7 Å². The molecule has 6 heteroatoms. The predicted octanol–water partition coefficient (Wildman–Crippen LogP) is 5.08. The van der Waals surface area contributed by atoms with Crippen LogP contribution < -0.4 is 5.32 Å².